The largest absolute Gasteiger partial charge is 0.493 e. The Kier molecular flexibility index (Phi) is 7.64. The van der Waals surface area contributed by atoms with Crippen LogP contribution >= 0.6 is 0 Å². The van der Waals surface area contributed by atoms with Gasteiger partial charge in [0.1, 0.15) is 9.84 Å². The molecule has 0 saturated carbocycles. The Bertz CT molecular complexity index is 802. The number of rotatable bonds is 8. The number of piperazine rings is 1. The summed E-state index contributed by atoms with van der Waals surface area (Å²) in [6.07, 6.45) is 1.22. The summed E-state index contributed by atoms with van der Waals surface area (Å²) < 4.78 is 37.7. The number of amides is 1. The van der Waals surface area contributed by atoms with E-state index in [0.29, 0.717) is 49.8 Å². The van der Waals surface area contributed by atoms with Crippen molar-refractivity contribution in [1.29, 1.82) is 0 Å². The second-order valence-electron chi connectivity index (χ2n) is 6.49. The zero-order valence-corrected chi connectivity index (χ0v) is 17.2. The molecule has 1 saturated heterocycles. The Labute approximate surface area is 165 Å². The maximum Gasteiger partial charge on any atom is 0.343 e. The van der Waals surface area contributed by atoms with Crippen LogP contribution in [0.15, 0.2) is 18.2 Å². The first-order chi connectivity index (χ1) is 13.2. The molecule has 0 aromatic heterocycles. The van der Waals surface area contributed by atoms with Gasteiger partial charge in [-0.2, -0.15) is 0 Å². The van der Waals surface area contributed by atoms with Crippen LogP contribution in [0.4, 0.5) is 0 Å². The quantitative estimate of drug-likeness (QED) is 0.550. The van der Waals surface area contributed by atoms with E-state index in [2.05, 4.69) is 4.74 Å². The zero-order chi connectivity index (χ0) is 20.7. The van der Waals surface area contributed by atoms with Crippen LogP contribution in [0.25, 0.3) is 0 Å². The summed E-state index contributed by atoms with van der Waals surface area (Å²) in [4.78, 5) is 27.7. The highest BCUT2D eigenvalue weighted by atomic mass is 32.2. The number of sulfone groups is 1. The molecule has 0 spiro atoms. The number of benzene rings is 1. The highest BCUT2D eigenvalue weighted by Gasteiger charge is 2.23. The minimum atomic E-state index is -3.00. The van der Waals surface area contributed by atoms with Crippen molar-refractivity contribution in [2.75, 3.05) is 65.6 Å². The molecule has 2 rings (SSSR count). The van der Waals surface area contributed by atoms with Crippen LogP contribution in [-0.4, -0.2) is 95.7 Å². The van der Waals surface area contributed by atoms with Crippen LogP contribution in [0.5, 0.6) is 11.5 Å². The Morgan fingerprint density at radius 1 is 1.07 bits per heavy atom. The van der Waals surface area contributed by atoms with Gasteiger partial charge in [0.05, 0.1) is 20.0 Å². The summed E-state index contributed by atoms with van der Waals surface area (Å²) in [6, 6.07) is 4.77. The van der Waals surface area contributed by atoms with E-state index in [1.165, 1.54) is 20.5 Å². The number of esters is 1. The summed E-state index contributed by atoms with van der Waals surface area (Å²) in [6.45, 7) is 2.50. The van der Waals surface area contributed by atoms with E-state index in [1.54, 1.807) is 23.1 Å². The molecule has 1 fully saturated rings. The van der Waals surface area contributed by atoms with Gasteiger partial charge in [-0.1, -0.05) is 0 Å². The Hall–Kier alpha value is -2.33. The standard InChI is InChI=1S/C18H26N2O7S/c1-25-16-12-14(4-5-15(16)27-13-17(21)26-2)18(22)20-8-6-19(7-9-20)10-11-28(3,23)24/h4-5,12H,6-11,13H2,1-3H3. The molecule has 156 valence electrons. The molecule has 0 unspecified atom stereocenters. The van der Waals surface area contributed by atoms with Gasteiger partial charge in [-0.3, -0.25) is 9.69 Å². The predicted molar refractivity (Wildman–Crippen MR) is 103 cm³/mol. The first kappa shape index (κ1) is 22.0. The topological polar surface area (TPSA) is 102 Å². The van der Waals surface area contributed by atoms with Crippen molar-refractivity contribution in [2.45, 2.75) is 0 Å². The lowest BCUT2D eigenvalue weighted by atomic mass is 10.1. The van der Waals surface area contributed by atoms with Gasteiger partial charge in [-0.05, 0) is 18.2 Å². The Morgan fingerprint density at radius 3 is 2.32 bits per heavy atom. The Balaban J connectivity index is 1.96. The molecular weight excluding hydrogens is 388 g/mol. The number of ether oxygens (including phenoxy) is 3. The molecule has 1 aromatic carbocycles. The van der Waals surface area contributed by atoms with Crippen LogP contribution in [0.3, 0.4) is 0 Å². The number of nitrogens with zero attached hydrogens (tertiary/aromatic N) is 2. The lowest BCUT2D eigenvalue weighted by Crippen LogP contribution is -2.49. The average Bonchev–Trinajstić information content (AvgIpc) is 2.69. The zero-order valence-electron chi connectivity index (χ0n) is 16.3. The number of carbonyl (C=O) groups is 2. The summed E-state index contributed by atoms with van der Waals surface area (Å²) >= 11 is 0. The van der Waals surface area contributed by atoms with Gasteiger partial charge in [-0.15, -0.1) is 0 Å². The minimum Gasteiger partial charge on any atom is -0.493 e. The van der Waals surface area contributed by atoms with Gasteiger partial charge < -0.3 is 19.1 Å². The third kappa shape index (κ3) is 6.38. The monoisotopic (exact) mass is 414 g/mol. The van der Waals surface area contributed by atoms with Crippen molar-refractivity contribution in [2.24, 2.45) is 0 Å². The van der Waals surface area contributed by atoms with Crippen molar-refractivity contribution >= 4 is 21.7 Å². The summed E-state index contributed by atoms with van der Waals surface area (Å²) in [5.74, 6) is 0.152. The molecule has 1 aromatic rings. The van der Waals surface area contributed by atoms with E-state index in [9.17, 15) is 18.0 Å². The normalized spacial score (nSPS) is 15.2. The minimum absolute atomic E-state index is 0.116. The van der Waals surface area contributed by atoms with Crippen LogP contribution in [0.2, 0.25) is 0 Å². The number of hydrogen-bond donors (Lipinski definition) is 0. The molecule has 0 radical (unpaired) electrons. The second kappa shape index (κ2) is 9.74. The SMILES string of the molecule is COC(=O)COc1ccc(C(=O)N2CCN(CCS(C)(=O)=O)CC2)cc1OC. The van der Waals surface area contributed by atoms with Gasteiger partial charge >= 0.3 is 5.97 Å². The molecule has 1 heterocycles. The van der Waals surface area contributed by atoms with E-state index in [0.717, 1.165) is 0 Å². The van der Waals surface area contributed by atoms with Gasteiger partial charge in [0.25, 0.3) is 5.91 Å². The van der Waals surface area contributed by atoms with Gasteiger partial charge in [0, 0.05) is 44.5 Å². The molecule has 1 amide bonds. The van der Waals surface area contributed by atoms with E-state index >= 15 is 0 Å². The second-order valence-corrected chi connectivity index (χ2v) is 8.75. The van der Waals surface area contributed by atoms with Crippen molar-refractivity contribution in [3.8, 4) is 11.5 Å². The fourth-order valence-corrected chi connectivity index (χ4v) is 3.36. The summed E-state index contributed by atoms with van der Waals surface area (Å²) in [5, 5.41) is 0. The van der Waals surface area contributed by atoms with Gasteiger partial charge in [0.2, 0.25) is 0 Å². The predicted octanol–water partition coefficient (Wildman–Crippen LogP) is 0.0494. The maximum atomic E-state index is 12.8. The van der Waals surface area contributed by atoms with Crippen LogP contribution < -0.4 is 9.47 Å². The molecule has 0 bridgehead atoms. The molecule has 0 N–H and O–H groups in total. The van der Waals surface area contributed by atoms with Crippen LogP contribution in [0.1, 0.15) is 10.4 Å². The van der Waals surface area contributed by atoms with Gasteiger partial charge in [0.15, 0.2) is 18.1 Å². The Morgan fingerprint density at radius 2 is 1.75 bits per heavy atom. The molecule has 9 nitrogen and oxygen atoms in total. The lowest BCUT2D eigenvalue weighted by molar-refractivity contribution is -0.142. The van der Waals surface area contributed by atoms with Crippen LogP contribution in [-0.2, 0) is 19.4 Å². The van der Waals surface area contributed by atoms with E-state index in [4.69, 9.17) is 9.47 Å². The van der Waals surface area contributed by atoms with Crippen molar-refractivity contribution in [3.63, 3.8) is 0 Å². The van der Waals surface area contributed by atoms with Gasteiger partial charge in [-0.25, -0.2) is 13.2 Å². The average molecular weight is 414 g/mol. The smallest absolute Gasteiger partial charge is 0.343 e. The molecule has 1 aliphatic heterocycles. The van der Waals surface area contributed by atoms with E-state index in [-0.39, 0.29) is 18.3 Å². The van der Waals surface area contributed by atoms with Crippen LogP contribution in [0, 0.1) is 0 Å². The van der Waals surface area contributed by atoms with Crippen molar-refractivity contribution < 1.29 is 32.2 Å². The molecule has 1 aliphatic rings. The highest BCUT2D eigenvalue weighted by molar-refractivity contribution is 7.90. The third-order valence-corrected chi connectivity index (χ3v) is 5.35. The first-order valence-corrected chi connectivity index (χ1v) is 10.9. The molecule has 28 heavy (non-hydrogen) atoms. The number of methoxy groups -OCH3 is 2. The molecule has 0 atom stereocenters. The number of carbonyl (C=O) groups excluding carboxylic acids is 2. The fraction of sp³-hybridized carbons (Fsp3) is 0.556. The fourth-order valence-electron chi connectivity index (χ4n) is 2.77. The molecule has 0 aliphatic carbocycles. The maximum absolute atomic E-state index is 12.8. The van der Waals surface area contributed by atoms with E-state index in [1.807, 2.05) is 4.90 Å². The summed E-state index contributed by atoms with van der Waals surface area (Å²) in [7, 11) is -0.274. The third-order valence-electron chi connectivity index (χ3n) is 4.42. The summed E-state index contributed by atoms with van der Waals surface area (Å²) in [5.41, 5.74) is 0.451. The van der Waals surface area contributed by atoms with Crippen molar-refractivity contribution in [3.05, 3.63) is 23.8 Å². The number of hydrogen-bond acceptors (Lipinski definition) is 8. The first-order valence-electron chi connectivity index (χ1n) is 8.80. The molecular formula is C18H26N2O7S. The molecule has 10 heteroatoms. The lowest BCUT2D eigenvalue weighted by Gasteiger charge is -2.34. The highest BCUT2D eigenvalue weighted by Crippen LogP contribution is 2.28. The van der Waals surface area contributed by atoms with E-state index < -0.39 is 15.8 Å². The van der Waals surface area contributed by atoms with Crippen molar-refractivity contribution in [1.82, 2.24) is 9.80 Å².